The summed E-state index contributed by atoms with van der Waals surface area (Å²) in [7, 11) is -3.22. The fraction of sp³-hybridized carbons (Fsp3) is 0.286. The van der Waals surface area contributed by atoms with Crippen molar-refractivity contribution >= 4 is 33.4 Å². The Morgan fingerprint density at radius 2 is 1.49 bits per heavy atom. The quantitative estimate of drug-likeness (QED) is 0.477. The molecule has 1 saturated heterocycles. The maximum Gasteiger partial charge on any atom is 0.472 e. The van der Waals surface area contributed by atoms with Crippen molar-refractivity contribution in [2.45, 2.75) is 12.7 Å². The monoisotopic (exact) mass is 516 g/mol. The number of hydrazine groups is 1. The van der Waals surface area contributed by atoms with Gasteiger partial charge in [0.25, 0.3) is 5.91 Å². The van der Waals surface area contributed by atoms with Crippen molar-refractivity contribution in [2.75, 3.05) is 29.5 Å². The molecule has 0 bridgehead atoms. The van der Waals surface area contributed by atoms with Crippen LogP contribution >= 0.6 is 0 Å². The highest BCUT2D eigenvalue weighted by molar-refractivity contribution is 7.91. The fourth-order valence-electron chi connectivity index (χ4n) is 3.17. The van der Waals surface area contributed by atoms with Crippen LogP contribution in [0.2, 0.25) is 0 Å². The van der Waals surface area contributed by atoms with Crippen LogP contribution < -0.4 is 15.8 Å². The maximum atomic E-state index is 13.4. The Balaban J connectivity index is 1.74. The number of sulfone groups is 1. The molecule has 2 aromatic rings. The molecule has 1 aliphatic rings. The number of alkyl halides is 3. The lowest BCUT2D eigenvalue weighted by Crippen LogP contribution is -2.49. The number of nitrogens with zero attached hydrogens (tertiary/aromatic N) is 2. The zero-order valence-electron chi connectivity index (χ0n) is 18.0. The zero-order chi connectivity index (χ0) is 25.8. The van der Waals surface area contributed by atoms with E-state index in [4.69, 9.17) is 0 Å². The van der Waals surface area contributed by atoms with E-state index in [1.54, 1.807) is 5.43 Å². The molecular formula is C21H20F4N4O5S. The summed E-state index contributed by atoms with van der Waals surface area (Å²) < 4.78 is 73.5. The molecule has 3 rings (SSSR count). The van der Waals surface area contributed by atoms with E-state index in [0.29, 0.717) is 11.3 Å². The number of carbonyl (C=O) groups is 3. The average Bonchev–Trinajstić information content (AvgIpc) is 2.81. The van der Waals surface area contributed by atoms with Gasteiger partial charge in [0.15, 0.2) is 9.84 Å². The van der Waals surface area contributed by atoms with E-state index in [1.807, 2.05) is 0 Å². The van der Waals surface area contributed by atoms with Gasteiger partial charge in [0.1, 0.15) is 5.82 Å². The Bertz CT molecular complexity index is 1190. The number of benzene rings is 2. The number of halogens is 4. The van der Waals surface area contributed by atoms with Gasteiger partial charge in [-0.3, -0.25) is 25.3 Å². The first-order valence-electron chi connectivity index (χ1n) is 10.1. The average molecular weight is 516 g/mol. The molecule has 0 aromatic heterocycles. The first kappa shape index (κ1) is 25.9. The van der Waals surface area contributed by atoms with Crippen molar-refractivity contribution in [3.05, 3.63) is 65.5 Å². The van der Waals surface area contributed by atoms with Gasteiger partial charge in [-0.15, -0.1) is 0 Å². The lowest BCUT2D eigenvalue weighted by molar-refractivity contribution is -0.174. The number of rotatable bonds is 4. The molecule has 188 valence electrons. The molecule has 35 heavy (non-hydrogen) atoms. The molecule has 0 unspecified atom stereocenters. The van der Waals surface area contributed by atoms with E-state index in [0.717, 1.165) is 0 Å². The highest BCUT2D eigenvalue weighted by Gasteiger charge is 2.39. The fourth-order valence-corrected chi connectivity index (χ4v) is 4.37. The Morgan fingerprint density at radius 3 is 2.03 bits per heavy atom. The SMILES string of the molecule is O=C(NNC(=O)C(F)(F)F)c1ccc(CN(C(=O)N2CCS(=O)(=O)CC2)c2ccc(F)cc2)cc1. The number of urea groups is 1. The van der Waals surface area contributed by atoms with Crippen LogP contribution in [-0.2, 0) is 21.2 Å². The van der Waals surface area contributed by atoms with Gasteiger partial charge in [-0.25, -0.2) is 17.6 Å². The summed E-state index contributed by atoms with van der Waals surface area (Å²) >= 11 is 0. The molecule has 0 atom stereocenters. The molecule has 1 fully saturated rings. The van der Waals surface area contributed by atoms with Crippen LogP contribution in [0.5, 0.6) is 0 Å². The first-order valence-corrected chi connectivity index (χ1v) is 12.0. The predicted octanol–water partition coefficient (Wildman–Crippen LogP) is 2.01. The van der Waals surface area contributed by atoms with Crippen molar-refractivity contribution in [3.63, 3.8) is 0 Å². The summed E-state index contributed by atoms with van der Waals surface area (Å²) in [4.78, 5) is 38.7. The lowest BCUT2D eigenvalue weighted by Gasteiger charge is -2.33. The minimum atomic E-state index is -5.16. The molecule has 1 heterocycles. The number of hydrogen-bond donors (Lipinski definition) is 2. The summed E-state index contributed by atoms with van der Waals surface area (Å²) in [6.07, 6.45) is -5.16. The Hall–Kier alpha value is -3.68. The number of nitrogens with one attached hydrogen (secondary N) is 2. The van der Waals surface area contributed by atoms with Crippen LogP contribution in [0.25, 0.3) is 0 Å². The highest BCUT2D eigenvalue weighted by Crippen LogP contribution is 2.21. The van der Waals surface area contributed by atoms with E-state index >= 15 is 0 Å². The number of amides is 4. The molecule has 14 heteroatoms. The van der Waals surface area contributed by atoms with Crippen molar-refractivity contribution in [1.82, 2.24) is 15.8 Å². The smallest absolute Gasteiger partial charge is 0.322 e. The van der Waals surface area contributed by atoms with E-state index in [-0.39, 0.29) is 36.7 Å². The van der Waals surface area contributed by atoms with Gasteiger partial charge in [-0.1, -0.05) is 12.1 Å². The van der Waals surface area contributed by atoms with Crippen molar-refractivity contribution in [2.24, 2.45) is 0 Å². The maximum absolute atomic E-state index is 13.4. The van der Waals surface area contributed by atoms with Crippen LogP contribution in [0.3, 0.4) is 0 Å². The van der Waals surface area contributed by atoms with Crippen LogP contribution in [0, 0.1) is 5.82 Å². The standard InChI is InChI=1S/C21H20F4N4O5S/c22-16-5-7-17(8-6-16)29(20(32)28-9-11-35(33,34)12-10-28)13-14-1-3-15(4-2-14)18(30)26-27-19(31)21(23,24)25/h1-8H,9-13H2,(H,26,30)(H,27,31). The summed E-state index contributed by atoms with van der Waals surface area (Å²) in [5.74, 6) is -4.19. The predicted molar refractivity (Wildman–Crippen MR) is 116 cm³/mol. The Morgan fingerprint density at radius 1 is 0.914 bits per heavy atom. The molecule has 0 aliphatic carbocycles. The Labute approximate surface area is 197 Å². The topological polar surface area (TPSA) is 116 Å². The van der Waals surface area contributed by atoms with Crippen LogP contribution in [0.4, 0.5) is 28.0 Å². The number of hydrogen-bond acceptors (Lipinski definition) is 5. The molecule has 9 nitrogen and oxygen atoms in total. The van der Waals surface area contributed by atoms with Gasteiger partial charge >= 0.3 is 18.1 Å². The summed E-state index contributed by atoms with van der Waals surface area (Å²) in [5.41, 5.74) is 3.71. The van der Waals surface area contributed by atoms with Crippen LogP contribution in [0.1, 0.15) is 15.9 Å². The van der Waals surface area contributed by atoms with E-state index in [1.165, 1.54) is 63.8 Å². The molecule has 0 saturated carbocycles. The van der Waals surface area contributed by atoms with Crippen LogP contribution in [-0.4, -0.2) is 61.9 Å². The van der Waals surface area contributed by atoms with Crippen LogP contribution in [0.15, 0.2) is 48.5 Å². The third-order valence-corrected chi connectivity index (χ3v) is 6.70. The summed E-state index contributed by atoms with van der Waals surface area (Å²) in [6.45, 7) is -0.0241. The van der Waals surface area contributed by atoms with E-state index in [2.05, 4.69) is 0 Å². The van der Waals surface area contributed by atoms with Crippen molar-refractivity contribution in [3.8, 4) is 0 Å². The minimum absolute atomic E-state index is 0.00160. The molecule has 0 spiro atoms. The molecular weight excluding hydrogens is 496 g/mol. The highest BCUT2D eigenvalue weighted by atomic mass is 32.2. The summed E-state index contributed by atoms with van der Waals surface area (Å²) in [6, 6.07) is 10.1. The minimum Gasteiger partial charge on any atom is -0.322 e. The third kappa shape index (κ3) is 6.91. The molecule has 0 radical (unpaired) electrons. The second-order valence-electron chi connectivity index (χ2n) is 7.59. The van der Waals surface area contributed by atoms with Gasteiger partial charge < -0.3 is 4.90 Å². The number of carbonyl (C=O) groups excluding carboxylic acids is 3. The van der Waals surface area contributed by atoms with Crippen molar-refractivity contribution < 1.29 is 40.4 Å². The Kier molecular flexibility index (Phi) is 7.63. The van der Waals surface area contributed by atoms with E-state index < -0.39 is 39.7 Å². The van der Waals surface area contributed by atoms with Gasteiger partial charge in [-0.2, -0.15) is 13.2 Å². The second kappa shape index (κ2) is 10.3. The summed E-state index contributed by atoms with van der Waals surface area (Å²) in [5, 5.41) is 0. The molecule has 2 N–H and O–H groups in total. The van der Waals surface area contributed by atoms with Gasteiger partial charge in [-0.05, 0) is 42.0 Å². The number of anilines is 1. The normalized spacial score (nSPS) is 15.3. The van der Waals surface area contributed by atoms with Gasteiger partial charge in [0.05, 0.1) is 18.1 Å². The zero-order valence-corrected chi connectivity index (χ0v) is 18.8. The molecule has 4 amide bonds. The lowest BCUT2D eigenvalue weighted by atomic mass is 10.1. The molecule has 2 aromatic carbocycles. The first-order chi connectivity index (χ1) is 16.4. The van der Waals surface area contributed by atoms with Gasteiger partial charge in [0.2, 0.25) is 0 Å². The largest absolute Gasteiger partial charge is 0.472 e. The van der Waals surface area contributed by atoms with Gasteiger partial charge in [0, 0.05) is 24.3 Å². The molecule has 1 aliphatic heterocycles. The second-order valence-corrected chi connectivity index (χ2v) is 9.89. The van der Waals surface area contributed by atoms with E-state index in [9.17, 15) is 40.4 Å². The third-order valence-electron chi connectivity index (χ3n) is 5.09. The van der Waals surface area contributed by atoms with Crippen molar-refractivity contribution in [1.29, 1.82) is 0 Å².